The average molecular weight is 286 g/mol. The zero-order valence-corrected chi connectivity index (χ0v) is 12.5. The Morgan fingerprint density at radius 2 is 2.00 bits per heavy atom. The van der Waals surface area contributed by atoms with Gasteiger partial charge in [0.05, 0.1) is 0 Å². The number of hydrogen-bond acceptors (Lipinski definition) is 4. The molecule has 1 aromatic heterocycles. The van der Waals surface area contributed by atoms with Gasteiger partial charge in [0.1, 0.15) is 11.6 Å². The first kappa shape index (κ1) is 15.3. The zero-order valence-electron chi connectivity index (χ0n) is 12.5. The van der Waals surface area contributed by atoms with Crippen LogP contribution in [-0.4, -0.2) is 23.1 Å². The van der Waals surface area contributed by atoms with E-state index in [1.165, 1.54) is 6.07 Å². The number of nitrogens with two attached hydrogens (primary N) is 1. The Morgan fingerprint density at radius 3 is 2.62 bits per heavy atom. The Morgan fingerprint density at radius 1 is 1.29 bits per heavy atom. The molecule has 0 aliphatic carbocycles. The van der Waals surface area contributed by atoms with Gasteiger partial charge in [-0.15, -0.1) is 0 Å². The van der Waals surface area contributed by atoms with E-state index in [0.29, 0.717) is 18.2 Å². The third-order valence-corrected chi connectivity index (χ3v) is 3.22. The number of benzene rings is 1. The molecule has 5 nitrogen and oxygen atoms in total. The number of rotatable bonds is 6. The van der Waals surface area contributed by atoms with Crippen molar-refractivity contribution in [3.8, 4) is 0 Å². The maximum absolute atomic E-state index is 11.9. The fourth-order valence-corrected chi connectivity index (χ4v) is 2.11. The predicted octanol–water partition coefficient (Wildman–Crippen LogP) is 2.38. The standard InChI is InChI=1S/C16H22N4O/c1-12(2)16-18-14(11-15(21)19-16)20(10-6-9-17)13-7-4-3-5-8-13/h3-5,7-8,11-12H,6,9-10,17H2,1-2H3,(H,18,19,21). The highest BCUT2D eigenvalue weighted by molar-refractivity contribution is 5.59. The summed E-state index contributed by atoms with van der Waals surface area (Å²) in [4.78, 5) is 21.3. The van der Waals surface area contributed by atoms with Gasteiger partial charge in [-0.2, -0.15) is 0 Å². The van der Waals surface area contributed by atoms with E-state index in [1.807, 2.05) is 49.1 Å². The summed E-state index contributed by atoms with van der Waals surface area (Å²) in [6, 6.07) is 11.5. The van der Waals surface area contributed by atoms with Crippen LogP contribution in [0.3, 0.4) is 0 Å². The van der Waals surface area contributed by atoms with Gasteiger partial charge in [-0.3, -0.25) is 4.79 Å². The number of nitrogens with one attached hydrogen (secondary N) is 1. The van der Waals surface area contributed by atoms with Crippen LogP contribution in [0.1, 0.15) is 32.0 Å². The highest BCUT2D eigenvalue weighted by Crippen LogP contribution is 2.23. The van der Waals surface area contributed by atoms with Crippen molar-refractivity contribution in [1.29, 1.82) is 0 Å². The predicted molar refractivity (Wildman–Crippen MR) is 86.1 cm³/mol. The molecule has 0 radical (unpaired) electrons. The largest absolute Gasteiger partial charge is 0.330 e. The van der Waals surface area contributed by atoms with Crippen LogP contribution in [-0.2, 0) is 0 Å². The summed E-state index contributed by atoms with van der Waals surface area (Å²) in [6.45, 7) is 5.35. The number of para-hydroxylation sites is 1. The Kier molecular flexibility index (Phi) is 5.11. The van der Waals surface area contributed by atoms with Crippen LogP contribution in [0.2, 0.25) is 0 Å². The summed E-state index contributed by atoms with van der Waals surface area (Å²) in [5.41, 5.74) is 6.51. The van der Waals surface area contributed by atoms with Crippen LogP contribution < -0.4 is 16.2 Å². The van der Waals surface area contributed by atoms with Crippen molar-refractivity contribution >= 4 is 11.5 Å². The molecule has 0 spiro atoms. The van der Waals surface area contributed by atoms with E-state index in [-0.39, 0.29) is 11.5 Å². The normalized spacial score (nSPS) is 10.9. The van der Waals surface area contributed by atoms with Crippen LogP contribution in [0, 0.1) is 0 Å². The van der Waals surface area contributed by atoms with Gasteiger partial charge in [-0.25, -0.2) is 4.98 Å². The van der Waals surface area contributed by atoms with E-state index < -0.39 is 0 Å². The van der Waals surface area contributed by atoms with E-state index in [1.54, 1.807) is 0 Å². The Bertz CT molecular complexity index is 622. The lowest BCUT2D eigenvalue weighted by molar-refractivity contribution is 0.751. The molecule has 0 fully saturated rings. The second kappa shape index (κ2) is 7.04. The minimum Gasteiger partial charge on any atom is -0.330 e. The minimum absolute atomic E-state index is 0.127. The van der Waals surface area contributed by atoms with E-state index in [9.17, 15) is 4.79 Å². The van der Waals surface area contributed by atoms with Crippen molar-refractivity contribution < 1.29 is 0 Å². The molecule has 0 aliphatic heterocycles. The molecular weight excluding hydrogens is 264 g/mol. The van der Waals surface area contributed by atoms with Crippen molar-refractivity contribution in [3.05, 3.63) is 52.6 Å². The van der Waals surface area contributed by atoms with Gasteiger partial charge < -0.3 is 15.6 Å². The third kappa shape index (κ3) is 3.92. The van der Waals surface area contributed by atoms with Gasteiger partial charge in [0.2, 0.25) is 0 Å². The SMILES string of the molecule is CC(C)c1nc(N(CCCN)c2ccccc2)cc(=O)[nH]1. The summed E-state index contributed by atoms with van der Waals surface area (Å²) in [5.74, 6) is 1.54. The lowest BCUT2D eigenvalue weighted by Crippen LogP contribution is -2.25. The number of aromatic amines is 1. The monoisotopic (exact) mass is 286 g/mol. The summed E-state index contributed by atoms with van der Waals surface area (Å²) in [5, 5.41) is 0. The van der Waals surface area contributed by atoms with Crippen LogP contribution in [0.4, 0.5) is 11.5 Å². The number of nitrogens with zero attached hydrogens (tertiary/aromatic N) is 2. The van der Waals surface area contributed by atoms with Crippen LogP contribution in [0.25, 0.3) is 0 Å². The first-order valence-electron chi connectivity index (χ1n) is 7.25. The first-order valence-corrected chi connectivity index (χ1v) is 7.25. The number of anilines is 2. The fraction of sp³-hybridized carbons (Fsp3) is 0.375. The molecule has 1 heterocycles. The van der Waals surface area contributed by atoms with E-state index in [4.69, 9.17) is 5.73 Å². The molecule has 0 unspecified atom stereocenters. The lowest BCUT2D eigenvalue weighted by Gasteiger charge is -2.24. The van der Waals surface area contributed by atoms with Crippen molar-refractivity contribution in [2.24, 2.45) is 5.73 Å². The molecule has 0 saturated carbocycles. The average Bonchev–Trinajstić information content (AvgIpc) is 2.48. The lowest BCUT2D eigenvalue weighted by atomic mass is 10.2. The first-order chi connectivity index (χ1) is 10.1. The topological polar surface area (TPSA) is 75.0 Å². The van der Waals surface area contributed by atoms with Gasteiger partial charge in [-0.05, 0) is 25.1 Å². The molecule has 112 valence electrons. The Balaban J connectivity index is 2.43. The molecule has 2 aromatic rings. The molecule has 5 heteroatoms. The van der Waals surface area contributed by atoms with E-state index >= 15 is 0 Å². The molecule has 0 amide bonds. The molecule has 0 bridgehead atoms. The molecule has 0 aliphatic rings. The van der Waals surface area contributed by atoms with Crippen molar-refractivity contribution in [2.45, 2.75) is 26.2 Å². The van der Waals surface area contributed by atoms with Gasteiger partial charge in [0.25, 0.3) is 5.56 Å². The molecule has 2 rings (SSSR count). The molecule has 1 aromatic carbocycles. The maximum Gasteiger partial charge on any atom is 0.253 e. The highest BCUT2D eigenvalue weighted by Gasteiger charge is 2.13. The van der Waals surface area contributed by atoms with Crippen molar-refractivity contribution in [2.75, 3.05) is 18.0 Å². The second-order valence-corrected chi connectivity index (χ2v) is 5.27. The molecular formula is C16H22N4O. The van der Waals surface area contributed by atoms with E-state index in [0.717, 1.165) is 18.7 Å². The molecule has 21 heavy (non-hydrogen) atoms. The van der Waals surface area contributed by atoms with Crippen LogP contribution in [0.5, 0.6) is 0 Å². The van der Waals surface area contributed by atoms with Gasteiger partial charge in [0.15, 0.2) is 0 Å². The molecule has 3 N–H and O–H groups in total. The number of aromatic nitrogens is 2. The summed E-state index contributed by atoms with van der Waals surface area (Å²) in [7, 11) is 0. The molecule has 0 atom stereocenters. The summed E-state index contributed by atoms with van der Waals surface area (Å²) >= 11 is 0. The summed E-state index contributed by atoms with van der Waals surface area (Å²) < 4.78 is 0. The Hall–Kier alpha value is -2.14. The van der Waals surface area contributed by atoms with E-state index in [2.05, 4.69) is 9.97 Å². The third-order valence-electron chi connectivity index (χ3n) is 3.22. The van der Waals surface area contributed by atoms with Crippen LogP contribution >= 0.6 is 0 Å². The summed E-state index contributed by atoms with van der Waals surface area (Å²) in [6.07, 6.45) is 0.834. The van der Waals surface area contributed by atoms with Crippen molar-refractivity contribution in [1.82, 2.24) is 9.97 Å². The van der Waals surface area contributed by atoms with Gasteiger partial charge >= 0.3 is 0 Å². The molecule has 0 saturated heterocycles. The van der Waals surface area contributed by atoms with Crippen molar-refractivity contribution in [3.63, 3.8) is 0 Å². The second-order valence-electron chi connectivity index (χ2n) is 5.27. The van der Waals surface area contributed by atoms with Gasteiger partial charge in [-0.1, -0.05) is 32.0 Å². The smallest absolute Gasteiger partial charge is 0.253 e. The number of H-pyrrole nitrogens is 1. The van der Waals surface area contributed by atoms with Crippen LogP contribution in [0.15, 0.2) is 41.2 Å². The number of hydrogen-bond donors (Lipinski definition) is 2. The fourth-order valence-electron chi connectivity index (χ4n) is 2.11. The quantitative estimate of drug-likeness (QED) is 0.855. The zero-order chi connectivity index (χ0) is 15.2. The highest BCUT2D eigenvalue weighted by atomic mass is 16.1. The maximum atomic E-state index is 11.9. The Labute approximate surface area is 124 Å². The van der Waals surface area contributed by atoms with Gasteiger partial charge in [0, 0.05) is 24.2 Å². The minimum atomic E-state index is -0.127.